The first-order valence-electron chi connectivity index (χ1n) is 3.29. The largest absolute Gasteiger partial charge is 0.268 e. The van der Waals surface area contributed by atoms with E-state index in [9.17, 15) is 9.18 Å². The molecule has 1 aromatic rings. The van der Waals surface area contributed by atoms with Gasteiger partial charge in [0.25, 0.3) is 5.91 Å². The van der Waals surface area contributed by atoms with Crippen molar-refractivity contribution in [2.45, 2.75) is 0 Å². The molecule has 0 fully saturated rings. The van der Waals surface area contributed by atoms with E-state index >= 15 is 0 Å². The Hall–Kier alpha value is -1.60. The third-order valence-electron chi connectivity index (χ3n) is 1.35. The van der Waals surface area contributed by atoms with Gasteiger partial charge in [-0.05, 0) is 18.2 Å². The highest BCUT2D eigenvalue weighted by atomic mass is 35.5. The van der Waals surface area contributed by atoms with Crippen LogP contribution in [-0.2, 0) is 0 Å². The van der Waals surface area contributed by atoms with E-state index in [-0.39, 0.29) is 10.6 Å². The quantitative estimate of drug-likeness (QED) is 0.552. The Morgan fingerprint density at radius 3 is 2.85 bits per heavy atom. The Bertz CT molecular complexity index is 386. The van der Waals surface area contributed by atoms with E-state index in [2.05, 4.69) is 0 Å². The average molecular weight is 199 g/mol. The van der Waals surface area contributed by atoms with Crippen molar-refractivity contribution in [2.75, 3.05) is 0 Å². The summed E-state index contributed by atoms with van der Waals surface area (Å²) >= 11 is 5.39. The van der Waals surface area contributed by atoms with Crippen molar-refractivity contribution >= 4 is 17.5 Å². The Balaban J connectivity index is 2.98. The second-order valence-electron chi connectivity index (χ2n) is 2.19. The van der Waals surface area contributed by atoms with Crippen LogP contribution in [0.5, 0.6) is 0 Å². The molecule has 0 aliphatic heterocycles. The van der Waals surface area contributed by atoms with Crippen LogP contribution in [0, 0.1) is 17.3 Å². The highest BCUT2D eigenvalue weighted by Gasteiger charge is 2.07. The molecule has 1 N–H and O–H groups in total. The van der Waals surface area contributed by atoms with Crippen molar-refractivity contribution in [3.63, 3.8) is 0 Å². The number of halogens is 2. The normalized spacial score (nSPS) is 9.00. The van der Waals surface area contributed by atoms with Crippen molar-refractivity contribution in [3.8, 4) is 6.19 Å². The second kappa shape index (κ2) is 3.87. The zero-order valence-electron chi connectivity index (χ0n) is 6.34. The third kappa shape index (κ3) is 2.17. The first-order valence-corrected chi connectivity index (χ1v) is 3.67. The number of benzene rings is 1. The number of nitriles is 1. The lowest BCUT2D eigenvalue weighted by atomic mass is 10.2. The monoisotopic (exact) mass is 198 g/mol. The van der Waals surface area contributed by atoms with E-state index in [1.54, 1.807) is 0 Å². The molecule has 0 heterocycles. The molecule has 0 aliphatic carbocycles. The summed E-state index contributed by atoms with van der Waals surface area (Å²) in [5.41, 5.74) is 0.0588. The summed E-state index contributed by atoms with van der Waals surface area (Å²) < 4.78 is 12.8. The molecular weight excluding hydrogens is 195 g/mol. The van der Waals surface area contributed by atoms with Crippen molar-refractivity contribution < 1.29 is 9.18 Å². The van der Waals surface area contributed by atoms with Gasteiger partial charge < -0.3 is 0 Å². The third-order valence-corrected chi connectivity index (χ3v) is 1.66. The molecule has 0 unspecified atom stereocenters. The van der Waals surface area contributed by atoms with Crippen LogP contribution in [0.3, 0.4) is 0 Å². The zero-order chi connectivity index (χ0) is 9.84. The summed E-state index contributed by atoms with van der Waals surface area (Å²) in [6.45, 7) is 0. The van der Waals surface area contributed by atoms with E-state index in [1.807, 2.05) is 5.32 Å². The molecule has 5 heteroatoms. The van der Waals surface area contributed by atoms with E-state index < -0.39 is 11.7 Å². The maximum absolute atomic E-state index is 12.8. The number of rotatable bonds is 1. The predicted octanol–water partition coefficient (Wildman–Crippen LogP) is 1.69. The smallest absolute Gasteiger partial charge is 0.264 e. The fourth-order valence-corrected chi connectivity index (χ4v) is 0.878. The van der Waals surface area contributed by atoms with Gasteiger partial charge in [-0.1, -0.05) is 11.6 Å². The lowest BCUT2D eigenvalue weighted by Gasteiger charge is -1.98. The van der Waals surface area contributed by atoms with Gasteiger partial charge in [-0.2, -0.15) is 5.26 Å². The Morgan fingerprint density at radius 2 is 2.31 bits per heavy atom. The predicted molar refractivity (Wildman–Crippen MR) is 44.5 cm³/mol. The standard InChI is InChI=1S/C8H4ClFN2O/c9-6-2-1-5(3-7(6)10)8(13)12-4-11/h1-3H,(H,12,13). The molecule has 3 nitrogen and oxygen atoms in total. The molecule has 0 atom stereocenters. The van der Waals surface area contributed by atoms with Crippen LogP contribution in [0.15, 0.2) is 18.2 Å². The molecule has 13 heavy (non-hydrogen) atoms. The first kappa shape index (κ1) is 9.49. The van der Waals surface area contributed by atoms with Gasteiger partial charge in [0.15, 0.2) is 6.19 Å². The van der Waals surface area contributed by atoms with Crippen LogP contribution < -0.4 is 5.32 Å². The number of carbonyl (C=O) groups excluding carboxylic acids is 1. The summed E-state index contributed by atoms with van der Waals surface area (Å²) in [6.07, 6.45) is 1.45. The van der Waals surface area contributed by atoms with E-state index in [0.29, 0.717) is 0 Å². The van der Waals surface area contributed by atoms with E-state index in [0.717, 1.165) is 6.07 Å². The number of carbonyl (C=O) groups is 1. The van der Waals surface area contributed by atoms with Gasteiger partial charge in [0.1, 0.15) is 5.82 Å². The average Bonchev–Trinajstić information content (AvgIpc) is 2.10. The molecule has 0 bridgehead atoms. The van der Waals surface area contributed by atoms with Crippen LogP contribution in [0.25, 0.3) is 0 Å². The molecular formula is C8H4ClFN2O. The molecule has 0 radical (unpaired) electrons. The Kier molecular flexibility index (Phi) is 2.83. The van der Waals surface area contributed by atoms with Gasteiger partial charge in [0, 0.05) is 5.56 Å². The Morgan fingerprint density at radius 1 is 1.62 bits per heavy atom. The summed E-state index contributed by atoms with van der Waals surface area (Å²) in [5, 5.41) is 9.92. The highest BCUT2D eigenvalue weighted by Crippen LogP contribution is 2.15. The lowest BCUT2D eigenvalue weighted by Crippen LogP contribution is -2.17. The minimum Gasteiger partial charge on any atom is -0.268 e. The lowest BCUT2D eigenvalue weighted by molar-refractivity contribution is 0.0972. The SMILES string of the molecule is N#CNC(=O)c1ccc(Cl)c(F)c1. The summed E-state index contributed by atoms with van der Waals surface area (Å²) in [6, 6.07) is 3.55. The van der Waals surface area contributed by atoms with Gasteiger partial charge in [-0.25, -0.2) is 4.39 Å². The molecule has 1 rings (SSSR count). The molecule has 66 valence electrons. The summed E-state index contributed by atoms with van der Waals surface area (Å²) in [5.74, 6) is -1.34. The number of hydrogen-bond donors (Lipinski definition) is 1. The van der Waals surface area contributed by atoms with E-state index in [4.69, 9.17) is 16.9 Å². The highest BCUT2D eigenvalue weighted by molar-refractivity contribution is 6.30. The maximum atomic E-state index is 12.8. The number of nitrogens with zero attached hydrogens (tertiary/aromatic N) is 1. The van der Waals surface area contributed by atoms with Crippen molar-refractivity contribution in [1.82, 2.24) is 5.32 Å². The van der Waals surface area contributed by atoms with Gasteiger partial charge in [0.05, 0.1) is 5.02 Å². The van der Waals surface area contributed by atoms with Crippen molar-refractivity contribution in [1.29, 1.82) is 5.26 Å². The number of nitrogens with one attached hydrogen (secondary N) is 1. The summed E-state index contributed by atoms with van der Waals surface area (Å²) in [7, 11) is 0. The second-order valence-corrected chi connectivity index (χ2v) is 2.60. The van der Waals surface area contributed by atoms with Crippen LogP contribution in [0.4, 0.5) is 4.39 Å². The molecule has 0 aromatic heterocycles. The van der Waals surface area contributed by atoms with E-state index in [1.165, 1.54) is 18.3 Å². The van der Waals surface area contributed by atoms with Gasteiger partial charge >= 0.3 is 0 Å². The first-order chi connectivity index (χ1) is 6.15. The molecule has 0 spiro atoms. The minimum absolute atomic E-state index is 0.0588. The molecule has 0 saturated carbocycles. The number of amides is 1. The van der Waals surface area contributed by atoms with Gasteiger partial charge in [-0.15, -0.1) is 0 Å². The summed E-state index contributed by atoms with van der Waals surface area (Å²) in [4.78, 5) is 11.0. The fraction of sp³-hybridized carbons (Fsp3) is 0. The molecule has 1 aromatic carbocycles. The van der Waals surface area contributed by atoms with Gasteiger partial charge in [-0.3, -0.25) is 10.1 Å². The number of hydrogen-bond acceptors (Lipinski definition) is 2. The topological polar surface area (TPSA) is 52.9 Å². The fourth-order valence-electron chi connectivity index (χ4n) is 0.760. The minimum atomic E-state index is -0.688. The van der Waals surface area contributed by atoms with Crippen LogP contribution in [-0.4, -0.2) is 5.91 Å². The molecule has 0 saturated heterocycles. The molecule has 1 amide bonds. The Labute approximate surface area is 78.7 Å². The zero-order valence-corrected chi connectivity index (χ0v) is 7.10. The van der Waals surface area contributed by atoms with Crippen LogP contribution >= 0.6 is 11.6 Å². The maximum Gasteiger partial charge on any atom is 0.264 e. The van der Waals surface area contributed by atoms with Crippen LogP contribution in [0.1, 0.15) is 10.4 Å². The van der Waals surface area contributed by atoms with Crippen molar-refractivity contribution in [2.24, 2.45) is 0 Å². The van der Waals surface area contributed by atoms with Crippen molar-refractivity contribution in [3.05, 3.63) is 34.6 Å². The van der Waals surface area contributed by atoms with Crippen LogP contribution in [0.2, 0.25) is 5.02 Å². The van der Waals surface area contributed by atoms with Gasteiger partial charge in [0.2, 0.25) is 0 Å². The molecule has 0 aliphatic rings.